The molecule has 22 heavy (non-hydrogen) atoms. The first-order valence-electron chi connectivity index (χ1n) is 7.17. The molecule has 1 amide bonds. The van der Waals surface area contributed by atoms with Gasteiger partial charge in [-0.05, 0) is 24.6 Å². The van der Waals surface area contributed by atoms with Crippen LogP contribution in [0.2, 0.25) is 0 Å². The minimum Gasteiger partial charge on any atom is -0.490 e. The van der Waals surface area contributed by atoms with Crippen LogP contribution in [0.4, 0.5) is 8.78 Å². The van der Waals surface area contributed by atoms with Crippen molar-refractivity contribution in [2.75, 3.05) is 26.7 Å². The standard InChI is InChI=1S/C15H20F2N2O3/c1-3-21-13-6-10(4-5-12(13)22-15(16)17)9-19(2)14(20)11-7-18-8-11/h4-6,11,15,18H,3,7-9H2,1-2H3. The molecule has 1 aliphatic heterocycles. The third-order valence-electron chi connectivity index (χ3n) is 3.45. The van der Waals surface area contributed by atoms with Crippen LogP contribution in [-0.4, -0.2) is 44.2 Å². The average Bonchev–Trinajstić information content (AvgIpc) is 2.39. The van der Waals surface area contributed by atoms with E-state index in [1.54, 1.807) is 31.0 Å². The topological polar surface area (TPSA) is 50.8 Å². The fourth-order valence-electron chi connectivity index (χ4n) is 2.24. The van der Waals surface area contributed by atoms with Gasteiger partial charge in [0.2, 0.25) is 5.91 Å². The second kappa shape index (κ2) is 7.40. The van der Waals surface area contributed by atoms with Gasteiger partial charge >= 0.3 is 6.61 Å². The second-order valence-electron chi connectivity index (χ2n) is 5.14. The van der Waals surface area contributed by atoms with Crippen LogP contribution < -0.4 is 14.8 Å². The third kappa shape index (κ3) is 4.07. The van der Waals surface area contributed by atoms with Crippen molar-refractivity contribution in [2.45, 2.75) is 20.1 Å². The van der Waals surface area contributed by atoms with Crippen LogP contribution in [0.25, 0.3) is 0 Å². The molecule has 0 saturated carbocycles. The molecule has 1 heterocycles. The number of halogens is 2. The van der Waals surface area contributed by atoms with E-state index in [9.17, 15) is 13.6 Å². The highest BCUT2D eigenvalue weighted by Crippen LogP contribution is 2.30. The van der Waals surface area contributed by atoms with E-state index >= 15 is 0 Å². The van der Waals surface area contributed by atoms with Gasteiger partial charge in [-0.2, -0.15) is 8.78 Å². The number of hydrogen-bond acceptors (Lipinski definition) is 4. The van der Waals surface area contributed by atoms with Crippen molar-refractivity contribution in [3.8, 4) is 11.5 Å². The minimum atomic E-state index is -2.90. The monoisotopic (exact) mass is 314 g/mol. The van der Waals surface area contributed by atoms with Gasteiger partial charge in [-0.15, -0.1) is 0 Å². The Labute approximate surface area is 128 Å². The van der Waals surface area contributed by atoms with Crippen molar-refractivity contribution in [3.63, 3.8) is 0 Å². The Morgan fingerprint density at radius 1 is 1.41 bits per heavy atom. The van der Waals surface area contributed by atoms with Crippen molar-refractivity contribution in [1.82, 2.24) is 10.2 Å². The summed E-state index contributed by atoms with van der Waals surface area (Å²) < 4.78 is 34.5. The van der Waals surface area contributed by atoms with Gasteiger partial charge in [0.15, 0.2) is 11.5 Å². The molecule has 0 aromatic heterocycles. The van der Waals surface area contributed by atoms with Gasteiger partial charge in [-0.1, -0.05) is 6.07 Å². The Balaban J connectivity index is 2.06. The van der Waals surface area contributed by atoms with E-state index in [4.69, 9.17) is 4.74 Å². The highest BCUT2D eigenvalue weighted by Gasteiger charge is 2.27. The number of hydrogen-bond donors (Lipinski definition) is 1. The summed E-state index contributed by atoms with van der Waals surface area (Å²) in [5, 5.41) is 3.06. The Hall–Kier alpha value is -1.89. The maximum atomic E-state index is 12.4. The van der Waals surface area contributed by atoms with E-state index in [-0.39, 0.29) is 23.3 Å². The van der Waals surface area contributed by atoms with Crippen molar-refractivity contribution in [3.05, 3.63) is 23.8 Å². The quantitative estimate of drug-likeness (QED) is 0.835. The van der Waals surface area contributed by atoms with E-state index in [0.29, 0.717) is 26.2 Å². The zero-order valence-electron chi connectivity index (χ0n) is 12.6. The predicted octanol–water partition coefficient (Wildman–Crippen LogP) is 1.86. The molecule has 0 spiro atoms. The lowest BCUT2D eigenvalue weighted by Crippen LogP contribution is -2.50. The molecule has 1 fully saturated rings. The first kappa shape index (κ1) is 16.5. The van der Waals surface area contributed by atoms with Crippen LogP contribution in [0.15, 0.2) is 18.2 Å². The van der Waals surface area contributed by atoms with Gasteiger partial charge in [-0.25, -0.2) is 0 Å². The van der Waals surface area contributed by atoms with E-state index < -0.39 is 6.61 Å². The van der Waals surface area contributed by atoms with Gasteiger partial charge in [0.05, 0.1) is 12.5 Å². The van der Waals surface area contributed by atoms with Crippen molar-refractivity contribution >= 4 is 5.91 Å². The van der Waals surface area contributed by atoms with Crippen molar-refractivity contribution in [1.29, 1.82) is 0 Å². The lowest BCUT2D eigenvalue weighted by Gasteiger charge is -2.30. The number of carbonyl (C=O) groups is 1. The Morgan fingerprint density at radius 2 is 2.14 bits per heavy atom. The normalized spacial score (nSPS) is 14.6. The highest BCUT2D eigenvalue weighted by atomic mass is 19.3. The predicted molar refractivity (Wildman–Crippen MR) is 77.1 cm³/mol. The van der Waals surface area contributed by atoms with Crippen LogP contribution in [0, 0.1) is 5.92 Å². The van der Waals surface area contributed by atoms with Crippen LogP contribution in [-0.2, 0) is 11.3 Å². The smallest absolute Gasteiger partial charge is 0.387 e. The lowest BCUT2D eigenvalue weighted by atomic mass is 10.0. The summed E-state index contributed by atoms with van der Waals surface area (Å²) in [6.07, 6.45) is 0. The van der Waals surface area contributed by atoms with E-state index in [0.717, 1.165) is 5.56 Å². The Kier molecular flexibility index (Phi) is 5.54. The average molecular weight is 314 g/mol. The summed E-state index contributed by atoms with van der Waals surface area (Å²) in [4.78, 5) is 13.7. The SMILES string of the molecule is CCOc1cc(CN(C)C(=O)C2CNC2)ccc1OC(F)F. The summed E-state index contributed by atoms with van der Waals surface area (Å²) in [6, 6.07) is 4.72. The molecule has 0 radical (unpaired) electrons. The van der Waals surface area contributed by atoms with Gasteiger partial charge in [0, 0.05) is 26.7 Å². The molecule has 122 valence electrons. The number of nitrogens with one attached hydrogen (secondary N) is 1. The number of rotatable bonds is 7. The molecule has 0 aliphatic carbocycles. The molecule has 0 unspecified atom stereocenters. The molecule has 0 bridgehead atoms. The van der Waals surface area contributed by atoms with Crippen LogP contribution in [0.1, 0.15) is 12.5 Å². The van der Waals surface area contributed by atoms with Crippen LogP contribution >= 0.6 is 0 Å². The largest absolute Gasteiger partial charge is 0.490 e. The Bertz CT molecular complexity index is 522. The van der Waals surface area contributed by atoms with Gasteiger partial charge in [-0.3, -0.25) is 4.79 Å². The number of benzene rings is 1. The maximum absolute atomic E-state index is 12.4. The third-order valence-corrected chi connectivity index (χ3v) is 3.45. The van der Waals surface area contributed by atoms with Gasteiger partial charge in [0.25, 0.3) is 0 Å². The molecule has 5 nitrogen and oxygen atoms in total. The second-order valence-corrected chi connectivity index (χ2v) is 5.14. The number of nitrogens with zero attached hydrogens (tertiary/aromatic N) is 1. The molecular weight excluding hydrogens is 294 g/mol. The number of carbonyl (C=O) groups excluding carboxylic acids is 1. The molecule has 1 N–H and O–H groups in total. The molecule has 1 aromatic rings. The van der Waals surface area contributed by atoms with Crippen LogP contribution in [0.3, 0.4) is 0 Å². The summed E-state index contributed by atoms with van der Waals surface area (Å²) in [5.41, 5.74) is 0.799. The summed E-state index contributed by atoms with van der Waals surface area (Å²) in [5.74, 6) is 0.353. The molecule has 1 saturated heterocycles. The lowest BCUT2D eigenvalue weighted by molar-refractivity contribution is -0.136. The van der Waals surface area contributed by atoms with Crippen molar-refractivity contribution in [2.24, 2.45) is 5.92 Å². The number of amides is 1. The van der Waals surface area contributed by atoms with E-state index in [1.807, 2.05) is 0 Å². The maximum Gasteiger partial charge on any atom is 0.387 e. The molecule has 1 aromatic carbocycles. The minimum absolute atomic E-state index is 0.00206. The fraction of sp³-hybridized carbons (Fsp3) is 0.533. The van der Waals surface area contributed by atoms with E-state index in [1.165, 1.54) is 6.07 Å². The van der Waals surface area contributed by atoms with Gasteiger partial charge < -0.3 is 19.7 Å². The molecule has 7 heteroatoms. The zero-order valence-corrected chi connectivity index (χ0v) is 12.6. The zero-order chi connectivity index (χ0) is 16.1. The van der Waals surface area contributed by atoms with E-state index in [2.05, 4.69) is 10.1 Å². The van der Waals surface area contributed by atoms with Crippen molar-refractivity contribution < 1.29 is 23.0 Å². The first-order valence-corrected chi connectivity index (χ1v) is 7.17. The molecule has 1 aliphatic rings. The number of ether oxygens (including phenoxy) is 2. The number of alkyl halides is 2. The summed E-state index contributed by atoms with van der Waals surface area (Å²) in [6.45, 7) is 0.997. The Morgan fingerprint density at radius 3 is 2.68 bits per heavy atom. The molecule has 2 rings (SSSR count). The highest BCUT2D eigenvalue weighted by molar-refractivity contribution is 5.80. The fourth-order valence-corrected chi connectivity index (χ4v) is 2.24. The van der Waals surface area contributed by atoms with Crippen LogP contribution in [0.5, 0.6) is 11.5 Å². The van der Waals surface area contributed by atoms with Gasteiger partial charge in [0.1, 0.15) is 0 Å². The summed E-state index contributed by atoms with van der Waals surface area (Å²) in [7, 11) is 1.73. The first-order chi connectivity index (χ1) is 10.5. The molecule has 0 atom stereocenters. The molecular formula is C15H20F2N2O3. The summed E-state index contributed by atoms with van der Waals surface area (Å²) >= 11 is 0.